The lowest BCUT2D eigenvalue weighted by molar-refractivity contribution is -0.116. The SMILES string of the molecule is O=C(CC1CCS(=O)(=O)C1)Nc1nncs1. The van der Waals surface area contributed by atoms with Crippen LogP contribution >= 0.6 is 11.3 Å². The number of anilines is 1. The van der Waals surface area contributed by atoms with Crippen LogP contribution in [0.15, 0.2) is 5.51 Å². The maximum absolute atomic E-state index is 11.5. The Morgan fingerprint density at radius 1 is 1.62 bits per heavy atom. The molecule has 0 saturated carbocycles. The van der Waals surface area contributed by atoms with Crippen molar-refractivity contribution in [2.24, 2.45) is 5.92 Å². The fourth-order valence-corrected chi connectivity index (χ4v) is 4.02. The Labute approximate surface area is 97.0 Å². The first-order valence-electron chi connectivity index (χ1n) is 4.81. The van der Waals surface area contributed by atoms with Crippen molar-refractivity contribution in [2.75, 3.05) is 16.8 Å². The maximum atomic E-state index is 11.5. The summed E-state index contributed by atoms with van der Waals surface area (Å²) >= 11 is 1.24. The topological polar surface area (TPSA) is 89.0 Å². The second-order valence-electron chi connectivity index (χ2n) is 3.77. The first-order valence-corrected chi connectivity index (χ1v) is 7.52. The van der Waals surface area contributed by atoms with Gasteiger partial charge in [0.15, 0.2) is 9.84 Å². The molecule has 1 amide bonds. The van der Waals surface area contributed by atoms with E-state index in [1.54, 1.807) is 0 Å². The van der Waals surface area contributed by atoms with Gasteiger partial charge >= 0.3 is 0 Å². The zero-order valence-electron chi connectivity index (χ0n) is 8.42. The number of rotatable bonds is 3. The van der Waals surface area contributed by atoms with Gasteiger partial charge in [-0.1, -0.05) is 11.3 Å². The maximum Gasteiger partial charge on any atom is 0.226 e. The number of nitrogens with one attached hydrogen (secondary N) is 1. The molecule has 1 aliphatic rings. The Balaban J connectivity index is 1.85. The molecule has 1 aromatic heterocycles. The number of aromatic nitrogens is 2. The Morgan fingerprint density at radius 3 is 3.00 bits per heavy atom. The monoisotopic (exact) mass is 261 g/mol. The van der Waals surface area contributed by atoms with Gasteiger partial charge in [0.2, 0.25) is 11.0 Å². The molecule has 2 heterocycles. The third-order valence-corrected chi connectivity index (χ3v) is 4.85. The van der Waals surface area contributed by atoms with E-state index in [0.29, 0.717) is 11.6 Å². The van der Waals surface area contributed by atoms with E-state index in [2.05, 4.69) is 15.5 Å². The molecule has 1 aromatic rings. The van der Waals surface area contributed by atoms with Gasteiger partial charge in [0.25, 0.3) is 0 Å². The molecule has 1 unspecified atom stereocenters. The minimum atomic E-state index is -2.91. The number of carbonyl (C=O) groups excluding carboxylic acids is 1. The van der Waals surface area contributed by atoms with Gasteiger partial charge in [-0.2, -0.15) is 0 Å². The molecular formula is C8H11N3O3S2. The fourth-order valence-electron chi connectivity index (χ4n) is 1.69. The van der Waals surface area contributed by atoms with Gasteiger partial charge in [-0.05, 0) is 12.3 Å². The molecule has 0 aromatic carbocycles. The Morgan fingerprint density at radius 2 is 2.44 bits per heavy atom. The third kappa shape index (κ3) is 2.99. The zero-order chi connectivity index (χ0) is 11.6. The van der Waals surface area contributed by atoms with E-state index in [9.17, 15) is 13.2 Å². The first kappa shape index (κ1) is 11.5. The van der Waals surface area contributed by atoms with Gasteiger partial charge in [0.05, 0.1) is 11.5 Å². The van der Waals surface area contributed by atoms with Crippen LogP contribution in [-0.2, 0) is 14.6 Å². The average Bonchev–Trinajstić information content (AvgIpc) is 2.76. The summed E-state index contributed by atoms with van der Waals surface area (Å²) in [5.74, 6) is 0.0667. The Bertz CT molecular complexity index is 469. The normalized spacial score (nSPS) is 23.1. The van der Waals surface area contributed by atoms with Crippen LogP contribution < -0.4 is 5.32 Å². The fraction of sp³-hybridized carbons (Fsp3) is 0.625. The van der Waals surface area contributed by atoms with Crippen molar-refractivity contribution in [3.63, 3.8) is 0 Å². The van der Waals surface area contributed by atoms with Crippen LogP contribution in [-0.4, -0.2) is 36.0 Å². The molecular weight excluding hydrogens is 250 g/mol. The molecule has 88 valence electrons. The van der Waals surface area contributed by atoms with E-state index in [0.717, 1.165) is 0 Å². The minimum absolute atomic E-state index is 0.0575. The largest absolute Gasteiger partial charge is 0.301 e. The molecule has 1 fully saturated rings. The molecule has 0 aliphatic carbocycles. The van der Waals surface area contributed by atoms with E-state index in [4.69, 9.17) is 0 Å². The molecule has 0 bridgehead atoms. The van der Waals surface area contributed by atoms with E-state index in [-0.39, 0.29) is 29.8 Å². The summed E-state index contributed by atoms with van der Waals surface area (Å²) in [5.41, 5.74) is 1.52. The summed E-state index contributed by atoms with van der Waals surface area (Å²) in [7, 11) is -2.91. The van der Waals surface area contributed by atoms with Crippen LogP contribution in [0.1, 0.15) is 12.8 Å². The van der Waals surface area contributed by atoms with Crippen LogP contribution in [0.3, 0.4) is 0 Å². The zero-order valence-corrected chi connectivity index (χ0v) is 10.1. The van der Waals surface area contributed by atoms with Crippen molar-refractivity contribution in [3.05, 3.63) is 5.51 Å². The molecule has 16 heavy (non-hydrogen) atoms. The average molecular weight is 261 g/mol. The summed E-state index contributed by atoms with van der Waals surface area (Å²) < 4.78 is 22.4. The van der Waals surface area contributed by atoms with Gasteiger partial charge < -0.3 is 5.32 Å². The van der Waals surface area contributed by atoms with Crippen LogP contribution in [0.4, 0.5) is 5.13 Å². The molecule has 1 atom stereocenters. The lowest BCUT2D eigenvalue weighted by atomic mass is 10.1. The lowest BCUT2D eigenvalue weighted by Gasteiger charge is -2.05. The summed E-state index contributed by atoms with van der Waals surface area (Å²) in [4.78, 5) is 11.5. The van der Waals surface area contributed by atoms with E-state index < -0.39 is 9.84 Å². The quantitative estimate of drug-likeness (QED) is 0.845. The standard InChI is InChI=1S/C8H11N3O3S2/c12-7(10-8-11-9-5-15-8)3-6-1-2-16(13,14)4-6/h5-6H,1-4H2,(H,10,11,12). The minimum Gasteiger partial charge on any atom is -0.301 e. The molecule has 1 saturated heterocycles. The predicted octanol–water partition coefficient (Wildman–Crippen LogP) is 0.301. The highest BCUT2D eigenvalue weighted by Crippen LogP contribution is 2.22. The van der Waals surface area contributed by atoms with Crippen molar-refractivity contribution in [3.8, 4) is 0 Å². The van der Waals surface area contributed by atoms with Gasteiger partial charge in [-0.3, -0.25) is 4.79 Å². The van der Waals surface area contributed by atoms with Crippen molar-refractivity contribution >= 4 is 32.2 Å². The van der Waals surface area contributed by atoms with Gasteiger partial charge in [0.1, 0.15) is 5.51 Å². The molecule has 1 N–H and O–H groups in total. The molecule has 0 spiro atoms. The number of hydrogen-bond donors (Lipinski definition) is 1. The van der Waals surface area contributed by atoms with Crippen molar-refractivity contribution in [1.82, 2.24) is 10.2 Å². The smallest absolute Gasteiger partial charge is 0.226 e. The van der Waals surface area contributed by atoms with Crippen LogP contribution in [0.2, 0.25) is 0 Å². The van der Waals surface area contributed by atoms with Gasteiger partial charge in [-0.25, -0.2) is 8.42 Å². The summed E-state index contributed by atoms with van der Waals surface area (Å²) in [6.07, 6.45) is 0.810. The van der Waals surface area contributed by atoms with Crippen molar-refractivity contribution in [2.45, 2.75) is 12.8 Å². The lowest BCUT2D eigenvalue weighted by Crippen LogP contribution is -2.17. The predicted molar refractivity (Wildman–Crippen MR) is 59.9 cm³/mol. The number of nitrogens with zero attached hydrogens (tertiary/aromatic N) is 2. The number of hydrogen-bond acceptors (Lipinski definition) is 6. The Kier molecular flexibility index (Phi) is 3.20. The second-order valence-corrected chi connectivity index (χ2v) is 6.83. The van der Waals surface area contributed by atoms with Gasteiger partial charge in [-0.15, -0.1) is 10.2 Å². The molecule has 6 nitrogen and oxygen atoms in total. The van der Waals surface area contributed by atoms with Crippen molar-refractivity contribution < 1.29 is 13.2 Å². The molecule has 2 rings (SSSR count). The van der Waals surface area contributed by atoms with E-state index in [1.165, 1.54) is 16.8 Å². The number of sulfone groups is 1. The highest BCUT2D eigenvalue weighted by Gasteiger charge is 2.29. The summed E-state index contributed by atoms with van der Waals surface area (Å²) in [6, 6.07) is 0. The highest BCUT2D eigenvalue weighted by molar-refractivity contribution is 7.91. The van der Waals surface area contributed by atoms with Gasteiger partial charge in [0, 0.05) is 6.42 Å². The number of carbonyl (C=O) groups is 1. The van der Waals surface area contributed by atoms with Crippen LogP contribution in [0.5, 0.6) is 0 Å². The van der Waals surface area contributed by atoms with Crippen molar-refractivity contribution in [1.29, 1.82) is 0 Å². The van der Waals surface area contributed by atoms with Crippen LogP contribution in [0, 0.1) is 5.92 Å². The molecule has 0 radical (unpaired) electrons. The second kappa shape index (κ2) is 4.46. The molecule has 1 aliphatic heterocycles. The summed E-state index contributed by atoms with van der Waals surface area (Å²) in [6.45, 7) is 0. The summed E-state index contributed by atoms with van der Waals surface area (Å²) in [5, 5.41) is 10.3. The molecule has 8 heteroatoms. The van der Waals surface area contributed by atoms with Crippen LogP contribution in [0.25, 0.3) is 0 Å². The third-order valence-electron chi connectivity index (χ3n) is 2.41. The van der Waals surface area contributed by atoms with E-state index >= 15 is 0 Å². The Hall–Kier alpha value is -1.02. The first-order chi connectivity index (χ1) is 7.55. The number of amides is 1. The van der Waals surface area contributed by atoms with E-state index in [1.807, 2.05) is 0 Å². The highest BCUT2D eigenvalue weighted by atomic mass is 32.2.